The molecule has 1 N–H and O–H groups in total. The second-order valence-electron chi connectivity index (χ2n) is 2.60. The second-order valence-corrected chi connectivity index (χ2v) is 2.60. The van der Waals surface area contributed by atoms with E-state index < -0.39 is 0 Å². The standard InChI is InChI=1S/C8H15NO2/c1-3-4-8(9)5-7(2)11-6-10/h6-7,9H,3-5H2,1-2H3. The monoisotopic (exact) mass is 157 g/mol. The number of nitrogens with one attached hydrogen (secondary N) is 1. The predicted octanol–water partition coefficient (Wildman–Crippen LogP) is 1.76. The molecule has 0 rings (SSSR count). The SMILES string of the molecule is CCCC(=N)CC(C)OC=O. The van der Waals surface area contributed by atoms with Gasteiger partial charge in [-0.15, -0.1) is 0 Å². The van der Waals surface area contributed by atoms with Gasteiger partial charge in [0.2, 0.25) is 0 Å². The molecule has 1 atom stereocenters. The van der Waals surface area contributed by atoms with Crippen molar-refractivity contribution < 1.29 is 9.53 Å². The molecule has 0 saturated heterocycles. The van der Waals surface area contributed by atoms with E-state index in [4.69, 9.17) is 5.41 Å². The van der Waals surface area contributed by atoms with Crippen LogP contribution in [0.15, 0.2) is 0 Å². The Kier molecular flexibility index (Phi) is 5.43. The molecule has 1 unspecified atom stereocenters. The highest BCUT2D eigenvalue weighted by Gasteiger charge is 2.04. The van der Waals surface area contributed by atoms with Crippen LogP contribution in [-0.2, 0) is 9.53 Å². The van der Waals surface area contributed by atoms with E-state index in [0.29, 0.717) is 18.6 Å². The quantitative estimate of drug-likeness (QED) is 0.471. The molecular weight excluding hydrogens is 142 g/mol. The molecule has 0 radical (unpaired) electrons. The van der Waals surface area contributed by atoms with Gasteiger partial charge in [0.25, 0.3) is 6.47 Å². The molecule has 11 heavy (non-hydrogen) atoms. The second kappa shape index (κ2) is 5.89. The maximum atomic E-state index is 9.86. The summed E-state index contributed by atoms with van der Waals surface area (Å²) in [6, 6.07) is 0. The molecule has 64 valence electrons. The van der Waals surface area contributed by atoms with Crippen LogP contribution in [0.3, 0.4) is 0 Å². The lowest BCUT2D eigenvalue weighted by atomic mass is 10.1. The number of rotatable bonds is 6. The third kappa shape index (κ3) is 5.58. The number of carbonyl (C=O) groups is 1. The van der Waals surface area contributed by atoms with Crippen LogP contribution >= 0.6 is 0 Å². The van der Waals surface area contributed by atoms with Crippen LogP contribution in [0.25, 0.3) is 0 Å². The summed E-state index contributed by atoms with van der Waals surface area (Å²) in [6.45, 7) is 4.25. The van der Waals surface area contributed by atoms with Gasteiger partial charge in [-0.1, -0.05) is 13.3 Å². The van der Waals surface area contributed by atoms with E-state index in [9.17, 15) is 4.79 Å². The minimum absolute atomic E-state index is 0.147. The van der Waals surface area contributed by atoms with Crippen molar-refractivity contribution in [3.05, 3.63) is 0 Å². The van der Waals surface area contributed by atoms with Crippen LogP contribution in [0.5, 0.6) is 0 Å². The lowest BCUT2D eigenvalue weighted by Gasteiger charge is -2.08. The van der Waals surface area contributed by atoms with Gasteiger partial charge in [0.05, 0.1) is 0 Å². The summed E-state index contributed by atoms with van der Waals surface area (Å²) in [6.07, 6.45) is 2.19. The summed E-state index contributed by atoms with van der Waals surface area (Å²) in [4.78, 5) is 9.86. The van der Waals surface area contributed by atoms with Gasteiger partial charge in [-0.3, -0.25) is 4.79 Å². The van der Waals surface area contributed by atoms with Crippen LogP contribution in [0.1, 0.15) is 33.1 Å². The number of hydrogen-bond donors (Lipinski definition) is 1. The number of ether oxygens (including phenoxy) is 1. The van der Waals surface area contributed by atoms with Crippen molar-refractivity contribution in [1.29, 1.82) is 5.41 Å². The van der Waals surface area contributed by atoms with Crippen LogP contribution in [0, 0.1) is 5.41 Å². The Labute approximate surface area is 67.3 Å². The fourth-order valence-corrected chi connectivity index (χ4v) is 0.894. The first-order chi connectivity index (χ1) is 5.20. The minimum atomic E-state index is -0.147. The van der Waals surface area contributed by atoms with Crippen LogP contribution in [-0.4, -0.2) is 18.3 Å². The molecule has 0 heterocycles. The molecule has 0 aliphatic carbocycles. The highest BCUT2D eigenvalue weighted by Crippen LogP contribution is 2.01. The van der Waals surface area contributed by atoms with Crippen LogP contribution in [0.2, 0.25) is 0 Å². The molecule has 0 saturated carbocycles. The molecule has 0 spiro atoms. The molecule has 0 aromatic carbocycles. The van der Waals surface area contributed by atoms with E-state index >= 15 is 0 Å². The van der Waals surface area contributed by atoms with Gasteiger partial charge < -0.3 is 10.1 Å². The summed E-state index contributed by atoms with van der Waals surface area (Å²) in [5, 5.41) is 7.40. The van der Waals surface area contributed by atoms with Gasteiger partial charge >= 0.3 is 0 Å². The average Bonchev–Trinajstić information content (AvgIpc) is 1.87. The van der Waals surface area contributed by atoms with Crippen molar-refractivity contribution in [2.75, 3.05) is 0 Å². The van der Waals surface area contributed by atoms with Gasteiger partial charge in [0.15, 0.2) is 0 Å². The molecule has 0 bridgehead atoms. The summed E-state index contributed by atoms with van der Waals surface area (Å²) >= 11 is 0. The van der Waals surface area contributed by atoms with E-state index in [1.54, 1.807) is 6.92 Å². The molecule has 0 fully saturated rings. The predicted molar refractivity (Wildman–Crippen MR) is 43.9 cm³/mol. The molecule has 0 aliphatic rings. The fraction of sp³-hybridized carbons (Fsp3) is 0.750. The summed E-state index contributed by atoms with van der Waals surface area (Å²) in [5.74, 6) is 0. The van der Waals surface area contributed by atoms with Crippen molar-refractivity contribution in [3.8, 4) is 0 Å². The van der Waals surface area contributed by atoms with Gasteiger partial charge in [-0.25, -0.2) is 0 Å². The van der Waals surface area contributed by atoms with Gasteiger partial charge in [-0.2, -0.15) is 0 Å². The molecule has 0 aromatic heterocycles. The zero-order valence-corrected chi connectivity index (χ0v) is 7.09. The van der Waals surface area contributed by atoms with Crippen molar-refractivity contribution in [2.45, 2.75) is 39.2 Å². The van der Waals surface area contributed by atoms with Crippen molar-refractivity contribution in [1.82, 2.24) is 0 Å². The lowest BCUT2D eigenvalue weighted by Crippen LogP contribution is -2.12. The first-order valence-electron chi connectivity index (χ1n) is 3.86. The third-order valence-electron chi connectivity index (χ3n) is 1.37. The fourth-order valence-electron chi connectivity index (χ4n) is 0.894. The van der Waals surface area contributed by atoms with Gasteiger partial charge in [-0.05, 0) is 13.3 Å². The maximum absolute atomic E-state index is 9.86. The molecule has 3 heteroatoms. The Morgan fingerprint density at radius 2 is 2.36 bits per heavy atom. The number of carbonyl (C=O) groups excluding carboxylic acids is 1. The van der Waals surface area contributed by atoms with Crippen molar-refractivity contribution in [2.24, 2.45) is 0 Å². The Morgan fingerprint density at radius 3 is 2.82 bits per heavy atom. The van der Waals surface area contributed by atoms with Gasteiger partial charge in [0.1, 0.15) is 6.10 Å². The summed E-state index contributed by atoms with van der Waals surface area (Å²) in [7, 11) is 0. The Morgan fingerprint density at radius 1 is 1.73 bits per heavy atom. The normalized spacial score (nSPS) is 12.2. The molecule has 0 amide bonds. The van der Waals surface area contributed by atoms with E-state index in [1.807, 2.05) is 6.92 Å². The smallest absolute Gasteiger partial charge is 0.293 e. The molecule has 0 aromatic rings. The average molecular weight is 157 g/mol. The summed E-state index contributed by atoms with van der Waals surface area (Å²) in [5.41, 5.74) is 0.654. The Balaban J connectivity index is 3.48. The molecule has 3 nitrogen and oxygen atoms in total. The first kappa shape index (κ1) is 10.1. The van der Waals surface area contributed by atoms with Gasteiger partial charge in [0, 0.05) is 12.1 Å². The van der Waals surface area contributed by atoms with E-state index in [2.05, 4.69) is 4.74 Å². The topological polar surface area (TPSA) is 50.1 Å². The number of hydrogen-bond acceptors (Lipinski definition) is 3. The highest BCUT2D eigenvalue weighted by atomic mass is 16.5. The molecule has 0 aliphatic heterocycles. The van der Waals surface area contributed by atoms with Crippen LogP contribution in [0.4, 0.5) is 0 Å². The largest absolute Gasteiger partial charge is 0.464 e. The van der Waals surface area contributed by atoms with Crippen molar-refractivity contribution in [3.63, 3.8) is 0 Å². The first-order valence-corrected chi connectivity index (χ1v) is 3.86. The maximum Gasteiger partial charge on any atom is 0.293 e. The zero-order valence-electron chi connectivity index (χ0n) is 7.09. The highest BCUT2D eigenvalue weighted by molar-refractivity contribution is 5.81. The van der Waals surface area contributed by atoms with E-state index in [1.165, 1.54) is 0 Å². The van der Waals surface area contributed by atoms with Crippen LogP contribution < -0.4 is 0 Å². The Hall–Kier alpha value is -0.860. The van der Waals surface area contributed by atoms with Crippen molar-refractivity contribution >= 4 is 12.2 Å². The van der Waals surface area contributed by atoms with E-state index in [-0.39, 0.29) is 6.10 Å². The zero-order chi connectivity index (χ0) is 8.69. The summed E-state index contributed by atoms with van der Waals surface area (Å²) < 4.78 is 4.64. The minimum Gasteiger partial charge on any atom is -0.464 e. The Bertz CT molecular complexity index is 134. The third-order valence-corrected chi connectivity index (χ3v) is 1.37. The van der Waals surface area contributed by atoms with E-state index in [0.717, 1.165) is 12.8 Å². The molecular formula is C8H15NO2. The lowest BCUT2D eigenvalue weighted by molar-refractivity contribution is -0.132.